The summed E-state index contributed by atoms with van der Waals surface area (Å²) in [6.07, 6.45) is -0.964. The Bertz CT molecular complexity index is 591. The van der Waals surface area contributed by atoms with Crippen LogP contribution in [0.5, 0.6) is 0 Å². The van der Waals surface area contributed by atoms with Crippen LogP contribution in [0.2, 0.25) is 0 Å². The van der Waals surface area contributed by atoms with Gasteiger partial charge in [0.05, 0.1) is 5.75 Å². The van der Waals surface area contributed by atoms with E-state index in [9.17, 15) is 14.4 Å². The minimum absolute atomic E-state index is 0.120. The third-order valence-electron chi connectivity index (χ3n) is 3.22. The highest BCUT2D eigenvalue weighted by atomic mass is 32.2. The Morgan fingerprint density at radius 3 is 2.77 bits per heavy atom. The van der Waals surface area contributed by atoms with Crippen LogP contribution >= 0.6 is 11.8 Å². The number of hydrogen-bond donors (Lipinski definition) is 1. The maximum atomic E-state index is 12.0. The highest BCUT2D eigenvalue weighted by Gasteiger charge is 2.31. The molecule has 0 spiro atoms. The van der Waals surface area contributed by atoms with Crippen LogP contribution in [-0.4, -0.2) is 47.8 Å². The summed E-state index contributed by atoms with van der Waals surface area (Å²) < 4.78 is 5.10. The van der Waals surface area contributed by atoms with Gasteiger partial charge in [0.1, 0.15) is 0 Å². The Morgan fingerprint density at radius 2 is 2.14 bits per heavy atom. The van der Waals surface area contributed by atoms with E-state index in [1.54, 1.807) is 0 Å². The Morgan fingerprint density at radius 1 is 1.41 bits per heavy atom. The van der Waals surface area contributed by atoms with Crippen LogP contribution in [0, 0.1) is 6.92 Å². The first-order chi connectivity index (χ1) is 10.5. The van der Waals surface area contributed by atoms with Crippen molar-refractivity contribution in [2.45, 2.75) is 24.8 Å². The average Bonchev–Trinajstić information content (AvgIpc) is 2.91. The van der Waals surface area contributed by atoms with Crippen molar-refractivity contribution in [3.05, 3.63) is 29.8 Å². The molecule has 1 atom stereocenters. The number of carbonyl (C=O) groups excluding carboxylic acids is 3. The number of nitrogens with one attached hydrogen (secondary N) is 1. The molecule has 0 unspecified atom stereocenters. The fourth-order valence-electron chi connectivity index (χ4n) is 2.04. The summed E-state index contributed by atoms with van der Waals surface area (Å²) in [7, 11) is 0. The summed E-state index contributed by atoms with van der Waals surface area (Å²) in [6.45, 7) is 4.17. The number of thioether (sulfide) groups is 1. The molecule has 22 heavy (non-hydrogen) atoms. The zero-order valence-electron chi connectivity index (χ0n) is 12.5. The minimum Gasteiger partial charge on any atom is -0.452 e. The molecule has 118 valence electrons. The minimum atomic E-state index is -0.964. The molecule has 1 aliphatic heterocycles. The van der Waals surface area contributed by atoms with E-state index < -0.39 is 24.0 Å². The maximum absolute atomic E-state index is 12.0. The fourth-order valence-corrected chi connectivity index (χ4v) is 2.85. The van der Waals surface area contributed by atoms with Gasteiger partial charge in [-0.2, -0.15) is 0 Å². The average molecular weight is 322 g/mol. The lowest BCUT2D eigenvalue weighted by atomic mass is 10.2. The number of rotatable bonds is 5. The zero-order valence-corrected chi connectivity index (χ0v) is 13.3. The van der Waals surface area contributed by atoms with Crippen molar-refractivity contribution < 1.29 is 19.1 Å². The largest absolute Gasteiger partial charge is 0.452 e. The number of ether oxygens (including phenoxy) is 1. The Balaban J connectivity index is 1.82. The Kier molecular flexibility index (Phi) is 5.43. The molecule has 3 amide bonds. The van der Waals surface area contributed by atoms with Crippen LogP contribution < -0.4 is 5.32 Å². The summed E-state index contributed by atoms with van der Waals surface area (Å²) >= 11 is 1.36. The molecule has 1 N–H and O–H groups in total. The SMILES string of the molecule is Cc1ccccc1SCC(=O)O[C@@H](C)C(=O)N1CCNC1=O. The van der Waals surface area contributed by atoms with Crippen LogP contribution in [0.4, 0.5) is 4.79 Å². The third kappa shape index (κ3) is 4.00. The number of esters is 1. The molecular formula is C15H18N2O4S. The fraction of sp³-hybridized carbons (Fsp3) is 0.400. The van der Waals surface area contributed by atoms with Crippen LogP contribution in [0.1, 0.15) is 12.5 Å². The van der Waals surface area contributed by atoms with Gasteiger partial charge in [0.15, 0.2) is 6.10 Å². The van der Waals surface area contributed by atoms with Crippen molar-refractivity contribution in [1.82, 2.24) is 10.2 Å². The lowest BCUT2D eigenvalue weighted by Crippen LogP contribution is -2.42. The number of aryl methyl sites for hydroxylation is 1. The van der Waals surface area contributed by atoms with Crippen LogP contribution in [0.3, 0.4) is 0 Å². The van der Waals surface area contributed by atoms with E-state index in [1.807, 2.05) is 31.2 Å². The van der Waals surface area contributed by atoms with E-state index >= 15 is 0 Å². The molecule has 2 rings (SSSR count). The van der Waals surface area contributed by atoms with E-state index in [0.29, 0.717) is 13.1 Å². The second-order valence-electron chi connectivity index (χ2n) is 4.91. The topological polar surface area (TPSA) is 75.7 Å². The lowest BCUT2D eigenvalue weighted by molar-refractivity contribution is -0.155. The molecule has 1 fully saturated rings. The van der Waals surface area contributed by atoms with E-state index in [4.69, 9.17) is 4.74 Å². The first-order valence-electron chi connectivity index (χ1n) is 6.96. The van der Waals surface area contributed by atoms with Gasteiger partial charge in [0, 0.05) is 18.0 Å². The summed E-state index contributed by atoms with van der Waals surface area (Å²) in [5.41, 5.74) is 1.08. The number of amides is 3. The maximum Gasteiger partial charge on any atom is 0.324 e. The first kappa shape index (κ1) is 16.4. The van der Waals surface area contributed by atoms with Crippen molar-refractivity contribution in [3.8, 4) is 0 Å². The van der Waals surface area contributed by atoms with E-state index in [1.165, 1.54) is 18.7 Å². The van der Waals surface area contributed by atoms with Crippen molar-refractivity contribution in [3.63, 3.8) is 0 Å². The van der Waals surface area contributed by atoms with Gasteiger partial charge in [-0.1, -0.05) is 18.2 Å². The van der Waals surface area contributed by atoms with Gasteiger partial charge < -0.3 is 10.1 Å². The second kappa shape index (κ2) is 7.31. The predicted molar refractivity (Wildman–Crippen MR) is 82.6 cm³/mol. The standard InChI is InChI=1S/C15H18N2O4S/c1-10-5-3-4-6-12(10)22-9-13(18)21-11(2)14(19)17-8-7-16-15(17)20/h3-6,11H,7-9H2,1-2H3,(H,16,20)/t11-/m0/s1. The van der Waals surface area contributed by atoms with Crippen LogP contribution in [-0.2, 0) is 14.3 Å². The van der Waals surface area contributed by atoms with Crippen LogP contribution in [0.15, 0.2) is 29.2 Å². The van der Waals surface area contributed by atoms with Crippen molar-refractivity contribution >= 4 is 29.7 Å². The molecule has 0 aromatic heterocycles. The smallest absolute Gasteiger partial charge is 0.324 e. The summed E-state index contributed by atoms with van der Waals surface area (Å²) in [6, 6.07) is 7.28. The predicted octanol–water partition coefficient (Wildman–Crippen LogP) is 1.57. The first-order valence-corrected chi connectivity index (χ1v) is 7.94. The molecule has 1 aromatic carbocycles. The number of imide groups is 1. The molecular weight excluding hydrogens is 304 g/mol. The van der Waals surface area contributed by atoms with Gasteiger partial charge in [0.25, 0.3) is 5.91 Å². The molecule has 0 radical (unpaired) electrons. The van der Waals surface area contributed by atoms with Crippen molar-refractivity contribution in [1.29, 1.82) is 0 Å². The second-order valence-corrected chi connectivity index (χ2v) is 5.93. The molecule has 1 saturated heterocycles. The lowest BCUT2D eigenvalue weighted by Gasteiger charge is -2.18. The molecule has 6 nitrogen and oxygen atoms in total. The Hall–Kier alpha value is -2.02. The van der Waals surface area contributed by atoms with Crippen LogP contribution in [0.25, 0.3) is 0 Å². The number of carbonyl (C=O) groups is 3. The third-order valence-corrected chi connectivity index (χ3v) is 4.37. The summed E-state index contributed by atoms with van der Waals surface area (Å²) in [5.74, 6) is -0.854. The zero-order chi connectivity index (χ0) is 16.1. The van der Waals surface area contributed by atoms with E-state index in [2.05, 4.69) is 5.32 Å². The van der Waals surface area contributed by atoms with E-state index in [-0.39, 0.29) is 5.75 Å². The monoisotopic (exact) mass is 322 g/mol. The van der Waals surface area contributed by atoms with E-state index in [0.717, 1.165) is 15.4 Å². The highest BCUT2D eigenvalue weighted by molar-refractivity contribution is 8.00. The number of urea groups is 1. The molecule has 0 bridgehead atoms. The number of hydrogen-bond acceptors (Lipinski definition) is 5. The Labute approximate surface area is 133 Å². The molecule has 1 aliphatic rings. The summed E-state index contributed by atoms with van der Waals surface area (Å²) in [4.78, 5) is 37.3. The highest BCUT2D eigenvalue weighted by Crippen LogP contribution is 2.22. The van der Waals surface area contributed by atoms with Gasteiger partial charge >= 0.3 is 12.0 Å². The van der Waals surface area contributed by atoms with Gasteiger partial charge in [-0.3, -0.25) is 14.5 Å². The molecule has 0 aliphatic carbocycles. The molecule has 1 aromatic rings. The van der Waals surface area contributed by atoms with Crippen molar-refractivity contribution in [2.75, 3.05) is 18.8 Å². The number of benzene rings is 1. The van der Waals surface area contributed by atoms with Gasteiger partial charge in [0.2, 0.25) is 0 Å². The quantitative estimate of drug-likeness (QED) is 0.658. The molecule has 0 saturated carbocycles. The summed E-state index contributed by atoms with van der Waals surface area (Å²) in [5, 5.41) is 2.53. The van der Waals surface area contributed by atoms with Crippen molar-refractivity contribution in [2.24, 2.45) is 0 Å². The number of nitrogens with zero attached hydrogens (tertiary/aromatic N) is 1. The molecule has 1 heterocycles. The van der Waals surface area contributed by atoms with Gasteiger partial charge in [-0.25, -0.2) is 4.79 Å². The van der Waals surface area contributed by atoms with Gasteiger partial charge in [-0.15, -0.1) is 11.8 Å². The van der Waals surface area contributed by atoms with Gasteiger partial charge in [-0.05, 0) is 25.5 Å². The normalized spacial score (nSPS) is 15.4. The molecule has 7 heteroatoms.